The van der Waals surface area contributed by atoms with Gasteiger partial charge in [0, 0.05) is 0 Å². The Bertz CT molecular complexity index is 514. The normalized spacial score (nSPS) is 15.0. The summed E-state index contributed by atoms with van der Waals surface area (Å²) in [6, 6.07) is 3.89. The first kappa shape index (κ1) is 13.7. The SMILES string of the molecule is CC(C)C(c1nc(-c2ccc(Br)s2)no1)C(C)O. The van der Waals surface area contributed by atoms with Crippen LogP contribution in [0.3, 0.4) is 0 Å². The molecule has 0 fully saturated rings. The van der Waals surface area contributed by atoms with Gasteiger partial charge in [0.2, 0.25) is 11.7 Å². The van der Waals surface area contributed by atoms with E-state index in [9.17, 15) is 5.11 Å². The molecule has 1 N–H and O–H groups in total. The lowest BCUT2D eigenvalue weighted by atomic mass is 9.91. The third-order valence-electron chi connectivity index (χ3n) is 2.76. The van der Waals surface area contributed by atoms with E-state index in [1.807, 2.05) is 26.0 Å². The topological polar surface area (TPSA) is 59.2 Å². The molecule has 2 atom stereocenters. The van der Waals surface area contributed by atoms with Gasteiger partial charge in [0.15, 0.2) is 0 Å². The standard InChI is InChI=1S/C12H15BrN2O2S/c1-6(2)10(7(3)16)12-14-11(15-17-12)8-4-5-9(13)18-8/h4-7,10,16H,1-3H3. The molecule has 0 aromatic carbocycles. The number of thiophene rings is 1. The Morgan fingerprint density at radius 3 is 2.56 bits per heavy atom. The average Bonchev–Trinajstić information content (AvgIpc) is 2.85. The van der Waals surface area contributed by atoms with Gasteiger partial charge in [-0.15, -0.1) is 11.3 Å². The Kier molecular flexibility index (Phi) is 4.19. The van der Waals surface area contributed by atoms with E-state index in [-0.39, 0.29) is 11.8 Å². The molecule has 0 spiro atoms. The molecular formula is C12H15BrN2O2S. The van der Waals surface area contributed by atoms with Crippen molar-refractivity contribution in [3.05, 3.63) is 21.8 Å². The van der Waals surface area contributed by atoms with Crippen molar-refractivity contribution in [2.24, 2.45) is 5.92 Å². The van der Waals surface area contributed by atoms with Gasteiger partial charge < -0.3 is 9.63 Å². The molecule has 4 nitrogen and oxygen atoms in total. The lowest BCUT2D eigenvalue weighted by molar-refractivity contribution is 0.120. The summed E-state index contributed by atoms with van der Waals surface area (Å²) in [6.07, 6.45) is -0.506. The smallest absolute Gasteiger partial charge is 0.232 e. The van der Waals surface area contributed by atoms with Crippen LogP contribution in [0, 0.1) is 5.92 Å². The Labute approximate surface area is 118 Å². The molecule has 0 saturated carbocycles. The summed E-state index contributed by atoms with van der Waals surface area (Å²) in [5.41, 5.74) is 0. The zero-order valence-electron chi connectivity index (χ0n) is 10.4. The average molecular weight is 331 g/mol. The molecule has 0 amide bonds. The van der Waals surface area contributed by atoms with Crippen molar-refractivity contribution in [2.45, 2.75) is 32.8 Å². The van der Waals surface area contributed by atoms with Crippen LogP contribution < -0.4 is 0 Å². The highest BCUT2D eigenvalue weighted by Crippen LogP contribution is 2.32. The van der Waals surface area contributed by atoms with E-state index in [1.54, 1.807) is 18.3 Å². The van der Waals surface area contributed by atoms with Gasteiger partial charge >= 0.3 is 0 Å². The van der Waals surface area contributed by atoms with E-state index < -0.39 is 6.10 Å². The number of hydrogen-bond acceptors (Lipinski definition) is 5. The first-order valence-corrected chi connectivity index (χ1v) is 7.37. The largest absolute Gasteiger partial charge is 0.393 e. The van der Waals surface area contributed by atoms with Gasteiger partial charge in [0.1, 0.15) is 0 Å². The third-order valence-corrected chi connectivity index (χ3v) is 4.38. The van der Waals surface area contributed by atoms with Crippen molar-refractivity contribution in [1.29, 1.82) is 0 Å². The van der Waals surface area contributed by atoms with Gasteiger partial charge in [-0.05, 0) is 40.9 Å². The van der Waals surface area contributed by atoms with Crippen LogP contribution in [0.2, 0.25) is 0 Å². The van der Waals surface area contributed by atoms with Crippen LogP contribution in [0.25, 0.3) is 10.7 Å². The minimum absolute atomic E-state index is 0.130. The highest BCUT2D eigenvalue weighted by Gasteiger charge is 2.27. The van der Waals surface area contributed by atoms with Crippen LogP contribution in [-0.4, -0.2) is 21.4 Å². The van der Waals surface area contributed by atoms with Crippen molar-refractivity contribution < 1.29 is 9.63 Å². The maximum atomic E-state index is 9.79. The Balaban J connectivity index is 2.29. The molecule has 0 radical (unpaired) electrons. The molecule has 2 heterocycles. The first-order chi connectivity index (χ1) is 8.49. The predicted octanol–water partition coefficient (Wildman–Crippen LogP) is 3.68. The number of nitrogens with zero attached hydrogens (tertiary/aromatic N) is 2. The fourth-order valence-electron chi connectivity index (χ4n) is 1.95. The molecular weight excluding hydrogens is 316 g/mol. The van der Waals surface area contributed by atoms with Crippen LogP contribution in [0.5, 0.6) is 0 Å². The van der Waals surface area contributed by atoms with Gasteiger partial charge in [-0.1, -0.05) is 19.0 Å². The van der Waals surface area contributed by atoms with E-state index in [1.165, 1.54) is 0 Å². The van der Waals surface area contributed by atoms with E-state index in [0.29, 0.717) is 11.7 Å². The zero-order chi connectivity index (χ0) is 13.3. The molecule has 0 bridgehead atoms. The summed E-state index contributed by atoms with van der Waals surface area (Å²) in [4.78, 5) is 5.34. The summed E-state index contributed by atoms with van der Waals surface area (Å²) in [6.45, 7) is 5.81. The van der Waals surface area contributed by atoms with Crippen molar-refractivity contribution in [2.75, 3.05) is 0 Å². The van der Waals surface area contributed by atoms with Gasteiger partial charge in [0.05, 0.1) is 20.7 Å². The third kappa shape index (κ3) is 2.81. The second-order valence-corrected chi connectivity index (χ2v) is 7.03. The quantitative estimate of drug-likeness (QED) is 0.928. The second kappa shape index (κ2) is 5.50. The van der Waals surface area contributed by atoms with Crippen molar-refractivity contribution in [3.8, 4) is 10.7 Å². The molecule has 0 aliphatic rings. The summed E-state index contributed by atoms with van der Waals surface area (Å²) in [5, 5.41) is 13.8. The van der Waals surface area contributed by atoms with E-state index >= 15 is 0 Å². The van der Waals surface area contributed by atoms with Gasteiger partial charge in [-0.25, -0.2) is 0 Å². The molecule has 2 rings (SSSR count). The second-order valence-electron chi connectivity index (χ2n) is 4.57. The molecule has 2 aromatic rings. The van der Waals surface area contributed by atoms with Crippen molar-refractivity contribution >= 4 is 27.3 Å². The minimum atomic E-state index is -0.506. The summed E-state index contributed by atoms with van der Waals surface area (Å²) >= 11 is 4.96. The summed E-state index contributed by atoms with van der Waals surface area (Å²) in [7, 11) is 0. The number of aromatic nitrogens is 2. The molecule has 0 saturated heterocycles. The number of aliphatic hydroxyl groups excluding tert-OH is 1. The zero-order valence-corrected chi connectivity index (χ0v) is 12.8. The van der Waals surface area contributed by atoms with Crippen LogP contribution in [-0.2, 0) is 0 Å². The molecule has 98 valence electrons. The number of halogens is 1. The van der Waals surface area contributed by atoms with Crippen molar-refractivity contribution in [3.63, 3.8) is 0 Å². The summed E-state index contributed by atoms with van der Waals surface area (Å²) < 4.78 is 6.31. The molecule has 2 aromatic heterocycles. The van der Waals surface area contributed by atoms with Gasteiger partial charge in [0.25, 0.3) is 0 Å². The lowest BCUT2D eigenvalue weighted by Gasteiger charge is -2.19. The monoisotopic (exact) mass is 330 g/mol. The Morgan fingerprint density at radius 1 is 1.33 bits per heavy atom. The fraction of sp³-hybridized carbons (Fsp3) is 0.500. The highest BCUT2D eigenvalue weighted by atomic mass is 79.9. The molecule has 6 heteroatoms. The molecule has 2 unspecified atom stereocenters. The van der Waals surface area contributed by atoms with E-state index in [2.05, 4.69) is 26.1 Å². The number of rotatable bonds is 4. The minimum Gasteiger partial charge on any atom is -0.393 e. The maximum absolute atomic E-state index is 9.79. The Morgan fingerprint density at radius 2 is 2.06 bits per heavy atom. The maximum Gasteiger partial charge on any atom is 0.232 e. The molecule has 0 aliphatic carbocycles. The van der Waals surface area contributed by atoms with E-state index in [0.717, 1.165) is 8.66 Å². The van der Waals surface area contributed by atoms with Crippen LogP contribution in [0.4, 0.5) is 0 Å². The first-order valence-electron chi connectivity index (χ1n) is 5.76. The molecule has 18 heavy (non-hydrogen) atoms. The molecule has 0 aliphatic heterocycles. The van der Waals surface area contributed by atoms with Crippen molar-refractivity contribution in [1.82, 2.24) is 10.1 Å². The van der Waals surface area contributed by atoms with Gasteiger partial charge in [-0.3, -0.25) is 0 Å². The highest BCUT2D eigenvalue weighted by molar-refractivity contribution is 9.11. The van der Waals surface area contributed by atoms with Gasteiger partial charge in [-0.2, -0.15) is 4.98 Å². The Hall–Kier alpha value is -0.720. The summed E-state index contributed by atoms with van der Waals surface area (Å²) in [5.74, 6) is 1.19. The van der Waals surface area contributed by atoms with E-state index in [4.69, 9.17) is 4.52 Å². The lowest BCUT2D eigenvalue weighted by Crippen LogP contribution is -2.20. The number of hydrogen-bond donors (Lipinski definition) is 1. The fourth-order valence-corrected chi connectivity index (χ4v) is 3.27. The van der Waals surface area contributed by atoms with Crippen LogP contribution >= 0.6 is 27.3 Å². The predicted molar refractivity (Wildman–Crippen MR) is 74.6 cm³/mol. The van der Waals surface area contributed by atoms with Crippen LogP contribution in [0.15, 0.2) is 20.4 Å². The van der Waals surface area contributed by atoms with Crippen LogP contribution in [0.1, 0.15) is 32.6 Å². The number of aliphatic hydroxyl groups is 1.